The average molecular weight is 471 g/mol. The fourth-order valence-corrected chi connectivity index (χ4v) is 2.79. The number of hydrogen-bond donors (Lipinski definition) is 0. The van der Waals surface area contributed by atoms with Crippen molar-refractivity contribution in [3.63, 3.8) is 0 Å². The van der Waals surface area contributed by atoms with Gasteiger partial charge in [-0.3, -0.25) is 0 Å². The van der Waals surface area contributed by atoms with E-state index < -0.39 is 29.5 Å². The second-order valence-electron chi connectivity index (χ2n) is 9.39. The Morgan fingerprint density at radius 1 is 1.00 bits per heavy atom. The molecule has 3 heterocycles. The Morgan fingerprint density at radius 2 is 1.59 bits per heavy atom. The molecular weight excluding hydrogens is 445 g/mol. The van der Waals surface area contributed by atoms with Crippen LogP contribution in [0.1, 0.15) is 52.8 Å². The number of anilines is 1. The van der Waals surface area contributed by atoms with Gasteiger partial charge < -0.3 is 14.0 Å². The molecule has 0 aromatic carbocycles. The quantitative estimate of drug-likeness (QED) is 0.487. The Kier molecular flexibility index (Phi) is 6.94. The zero-order chi connectivity index (χ0) is 25.1. The highest BCUT2D eigenvalue weighted by molar-refractivity contribution is 6.10. The van der Waals surface area contributed by atoms with Crippen molar-refractivity contribution in [3.05, 3.63) is 54.1 Å². The maximum absolute atomic E-state index is 13.0. The first-order valence-corrected chi connectivity index (χ1v) is 10.5. The van der Waals surface area contributed by atoms with Gasteiger partial charge in [0.2, 0.25) is 0 Å². The second-order valence-corrected chi connectivity index (χ2v) is 9.39. The third-order valence-corrected chi connectivity index (χ3v) is 4.03. The number of aromatic nitrogens is 4. The first-order valence-electron chi connectivity index (χ1n) is 10.5. The van der Waals surface area contributed by atoms with E-state index in [-0.39, 0.29) is 18.0 Å². The molecule has 0 unspecified atom stereocenters. The van der Waals surface area contributed by atoms with E-state index in [1.54, 1.807) is 59.7 Å². The number of carbonyl (C=O) groups excluding carboxylic acids is 2. The molecule has 0 aliphatic rings. The van der Waals surface area contributed by atoms with E-state index >= 15 is 0 Å². The lowest BCUT2D eigenvalue weighted by atomic mass is 10.1. The smallest absolute Gasteiger partial charge is 0.425 e. The van der Waals surface area contributed by atoms with Crippen molar-refractivity contribution in [2.24, 2.45) is 0 Å². The highest BCUT2D eigenvalue weighted by Crippen LogP contribution is 2.32. The van der Waals surface area contributed by atoms with E-state index in [0.29, 0.717) is 16.8 Å². The number of nitrogens with zero attached hydrogens (tertiary/aromatic N) is 5. The molecule has 0 N–H and O–H groups in total. The van der Waals surface area contributed by atoms with Crippen molar-refractivity contribution in [2.75, 3.05) is 4.90 Å². The SMILES string of the molecule is CC(C)(C)OC(=O)N(C(=O)OC(C)(C)C)c1ncccc1-c1cc(Cc2cnc(F)nc2)no1. The second kappa shape index (κ2) is 9.54. The number of halogens is 1. The maximum Gasteiger partial charge on any atom is 0.425 e. The molecule has 0 aliphatic carbocycles. The minimum Gasteiger partial charge on any atom is -0.443 e. The molecule has 3 rings (SSSR count). The summed E-state index contributed by atoms with van der Waals surface area (Å²) >= 11 is 0. The fourth-order valence-electron chi connectivity index (χ4n) is 2.79. The first kappa shape index (κ1) is 24.7. The summed E-state index contributed by atoms with van der Waals surface area (Å²) in [5.41, 5.74) is -0.308. The van der Waals surface area contributed by atoms with Gasteiger partial charge in [0.15, 0.2) is 11.6 Å². The van der Waals surface area contributed by atoms with E-state index in [4.69, 9.17) is 14.0 Å². The van der Waals surface area contributed by atoms with Crippen LogP contribution in [0, 0.1) is 6.08 Å². The van der Waals surface area contributed by atoms with Gasteiger partial charge in [-0.15, -0.1) is 0 Å². The number of pyridine rings is 1. The molecule has 0 radical (unpaired) electrons. The van der Waals surface area contributed by atoms with Crippen molar-refractivity contribution >= 4 is 18.0 Å². The summed E-state index contributed by atoms with van der Waals surface area (Å²) in [6.07, 6.45) is 1.66. The molecule has 0 saturated carbocycles. The molecule has 10 nitrogen and oxygen atoms in total. The van der Waals surface area contributed by atoms with E-state index in [0.717, 1.165) is 4.90 Å². The summed E-state index contributed by atoms with van der Waals surface area (Å²) in [5.74, 6) is 0.206. The van der Waals surface area contributed by atoms with Gasteiger partial charge in [-0.25, -0.2) is 24.5 Å². The summed E-state index contributed by atoms with van der Waals surface area (Å²) in [5, 5.41) is 4.02. The average Bonchev–Trinajstić information content (AvgIpc) is 3.16. The zero-order valence-electron chi connectivity index (χ0n) is 19.8. The van der Waals surface area contributed by atoms with Crippen LogP contribution in [-0.4, -0.2) is 43.5 Å². The van der Waals surface area contributed by atoms with Gasteiger partial charge >= 0.3 is 18.3 Å². The van der Waals surface area contributed by atoms with E-state index in [1.807, 2.05) is 0 Å². The number of amides is 2. The van der Waals surface area contributed by atoms with Crippen LogP contribution < -0.4 is 4.90 Å². The van der Waals surface area contributed by atoms with Gasteiger partial charge in [0.05, 0.1) is 11.3 Å². The van der Waals surface area contributed by atoms with Crippen molar-refractivity contribution in [2.45, 2.75) is 59.2 Å². The number of ether oxygens (including phenoxy) is 2. The predicted molar refractivity (Wildman–Crippen MR) is 119 cm³/mol. The summed E-state index contributed by atoms with van der Waals surface area (Å²) in [6, 6.07) is 4.86. The lowest BCUT2D eigenvalue weighted by molar-refractivity contribution is 0.0429. The molecule has 0 bridgehead atoms. The summed E-state index contributed by atoms with van der Waals surface area (Å²) in [4.78, 5) is 38.0. The van der Waals surface area contributed by atoms with Crippen LogP contribution in [0.25, 0.3) is 11.3 Å². The summed E-state index contributed by atoms with van der Waals surface area (Å²) < 4.78 is 29.3. The lowest BCUT2D eigenvalue weighted by Gasteiger charge is -2.28. The number of imide groups is 1. The fraction of sp³-hybridized carbons (Fsp3) is 0.391. The van der Waals surface area contributed by atoms with E-state index in [9.17, 15) is 14.0 Å². The molecule has 180 valence electrons. The van der Waals surface area contributed by atoms with Crippen LogP contribution in [0.3, 0.4) is 0 Å². The maximum atomic E-state index is 13.0. The van der Waals surface area contributed by atoms with Gasteiger partial charge in [0.25, 0.3) is 0 Å². The van der Waals surface area contributed by atoms with Crippen LogP contribution in [0.4, 0.5) is 19.8 Å². The van der Waals surface area contributed by atoms with Crippen molar-refractivity contribution in [3.8, 4) is 11.3 Å². The molecule has 3 aromatic heterocycles. The largest absolute Gasteiger partial charge is 0.443 e. The molecule has 0 spiro atoms. The standard InChI is InChI=1S/C23H26FN5O5/c1-22(2,3)32-20(30)29(21(31)33-23(4,5)6)18-16(8-7-9-25-18)17-11-15(28-34-17)10-14-12-26-19(24)27-13-14/h7-9,11-13H,10H2,1-6H3. The molecule has 0 atom stereocenters. The first-order chi connectivity index (χ1) is 15.8. The molecule has 0 saturated heterocycles. The molecule has 0 fully saturated rings. The minimum absolute atomic E-state index is 0.0428. The summed E-state index contributed by atoms with van der Waals surface area (Å²) in [7, 11) is 0. The number of hydrogen-bond acceptors (Lipinski definition) is 9. The van der Waals surface area contributed by atoms with Crippen LogP contribution in [-0.2, 0) is 15.9 Å². The van der Waals surface area contributed by atoms with Crippen molar-refractivity contribution in [1.82, 2.24) is 20.1 Å². The molecule has 0 aliphatic heterocycles. The summed E-state index contributed by atoms with van der Waals surface area (Å²) in [6.45, 7) is 10.1. The monoisotopic (exact) mass is 471 g/mol. The highest BCUT2D eigenvalue weighted by atomic mass is 19.1. The number of rotatable bonds is 4. The molecule has 2 amide bonds. The lowest BCUT2D eigenvalue weighted by Crippen LogP contribution is -2.44. The van der Waals surface area contributed by atoms with Gasteiger partial charge in [-0.2, -0.15) is 9.29 Å². The van der Waals surface area contributed by atoms with Gasteiger partial charge in [0, 0.05) is 31.1 Å². The Bertz CT molecular complexity index is 1140. The third-order valence-electron chi connectivity index (χ3n) is 4.03. The van der Waals surface area contributed by atoms with Gasteiger partial charge in [-0.1, -0.05) is 5.16 Å². The number of carbonyl (C=O) groups is 2. The molecule has 34 heavy (non-hydrogen) atoms. The van der Waals surface area contributed by atoms with Crippen LogP contribution in [0.15, 0.2) is 41.3 Å². The molecular formula is C23H26FN5O5. The Morgan fingerprint density at radius 3 is 2.15 bits per heavy atom. The Balaban J connectivity index is 1.98. The molecule has 3 aromatic rings. The van der Waals surface area contributed by atoms with Crippen LogP contribution in [0.5, 0.6) is 0 Å². The van der Waals surface area contributed by atoms with Crippen LogP contribution in [0.2, 0.25) is 0 Å². The van der Waals surface area contributed by atoms with E-state index in [1.165, 1.54) is 18.6 Å². The Hall–Kier alpha value is -3.89. The van der Waals surface area contributed by atoms with Crippen molar-refractivity contribution < 1.29 is 28.0 Å². The van der Waals surface area contributed by atoms with Crippen LogP contribution >= 0.6 is 0 Å². The minimum atomic E-state index is -0.954. The topological polar surface area (TPSA) is 121 Å². The molecule has 11 heteroatoms. The normalized spacial score (nSPS) is 11.7. The van der Waals surface area contributed by atoms with E-state index in [2.05, 4.69) is 20.1 Å². The highest BCUT2D eigenvalue weighted by Gasteiger charge is 2.35. The van der Waals surface area contributed by atoms with Gasteiger partial charge in [-0.05, 0) is 59.2 Å². The predicted octanol–water partition coefficient (Wildman–Crippen LogP) is 4.93. The van der Waals surface area contributed by atoms with Crippen molar-refractivity contribution in [1.29, 1.82) is 0 Å². The zero-order valence-corrected chi connectivity index (χ0v) is 19.8. The third kappa shape index (κ3) is 6.56. The Labute approximate surface area is 196 Å². The van der Waals surface area contributed by atoms with Gasteiger partial charge in [0.1, 0.15) is 11.2 Å².